The highest BCUT2D eigenvalue weighted by atomic mass is 32.2. The number of thioether (sulfide) groups is 1. The van der Waals surface area contributed by atoms with E-state index in [0.29, 0.717) is 6.42 Å². The van der Waals surface area contributed by atoms with Crippen molar-refractivity contribution in [1.29, 1.82) is 0 Å². The molecule has 1 aromatic rings. The van der Waals surface area contributed by atoms with Crippen LogP contribution in [0.2, 0.25) is 0 Å². The van der Waals surface area contributed by atoms with Crippen LogP contribution in [0.3, 0.4) is 0 Å². The molecule has 2 rings (SSSR count). The lowest BCUT2D eigenvalue weighted by atomic mass is 10.0. The maximum absolute atomic E-state index is 12.6. The Morgan fingerprint density at radius 3 is 2.31 bits per heavy atom. The number of nitrogens with one attached hydrogen (secondary N) is 1. The zero-order chi connectivity index (χ0) is 21.7. The van der Waals surface area contributed by atoms with Gasteiger partial charge in [0.15, 0.2) is 0 Å². The summed E-state index contributed by atoms with van der Waals surface area (Å²) < 4.78 is 5.50. The Labute approximate surface area is 172 Å². The fraction of sp³-hybridized carbons (Fsp3) is 0.579. The van der Waals surface area contributed by atoms with Crippen molar-refractivity contribution in [2.75, 3.05) is 6.61 Å². The van der Waals surface area contributed by atoms with Crippen molar-refractivity contribution in [2.45, 2.75) is 61.4 Å². The molecule has 1 amide bonds. The summed E-state index contributed by atoms with van der Waals surface area (Å²) in [6.07, 6.45) is -4.76. The average molecular weight is 429 g/mol. The summed E-state index contributed by atoms with van der Waals surface area (Å²) in [5.41, 5.74) is -0.976. The standard InChI is InChI=1S/C19H27NO8S/c1-3-12(20-17(25)10-6-4-5-7-11(10)18(26)27)9(2)29-19-16(24)15(23)14(22)13(8-21)28-19/h4-7,9,12-16,19,21-24H,3,8H2,1-2H3,(H,20,25)(H,26,27)/t9?,12?,13-,14+,15+,16-,19+/m1/s1. The number of hydrogen-bond donors (Lipinski definition) is 6. The highest BCUT2D eigenvalue weighted by Gasteiger charge is 2.44. The van der Waals surface area contributed by atoms with Crippen molar-refractivity contribution in [3.8, 4) is 0 Å². The van der Waals surface area contributed by atoms with E-state index in [0.717, 1.165) is 11.8 Å². The summed E-state index contributed by atoms with van der Waals surface area (Å²) in [7, 11) is 0. The van der Waals surface area contributed by atoms with Gasteiger partial charge in [0.1, 0.15) is 29.9 Å². The molecule has 0 saturated carbocycles. The number of benzene rings is 1. The molecular weight excluding hydrogens is 402 g/mol. The van der Waals surface area contributed by atoms with E-state index in [1.807, 2.05) is 6.92 Å². The highest BCUT2D eigenvalue weighted by molar-refractivity contribution is 8.00. The Bertz CT molecular complexity index is 715. The molecule has 1 aliphatic rings. The minimum Gasteiger partial charge on any atom is -0.478 e. The molecule has 1 aromatic carbocycles. The summed E-state index contributed by atoms with van der Waals surface area (Å²) in [5, 5.41) is 51.1. The van der Waals surface area contributed by atoms with Gasteiger partial charge in [0.05, 0.1) is 17.7 Å². The Morgan fingerprint density at radius 1 is 1.14 bits per heavy atom. The number of hydrogen-bond acceptors (Lipinski definition) is 8. The SMILES string of the molecule is CCC(NC(=O)c1ccccc1C(=O)O)C(C)S[C@@H]1O[C@H](CO)[C@H](O)[C@H](O)[C@H]1O. The molecule has 0 aliphatic carbocycles. The van der Waals surface area contributed by atoms with Crippen LogP contribution < -0.4 is 5.32 Å². The molecule has 0 radical (unpaired) electrons. The van der Waals surface area contributed by atoms with Crippen LogP contribution >= 0.6 is 11.8 Å². The van der Waals surface area contributed by atoms with Crippen molar-refractivity contribution in [3.05, 3.63) is 35.4 Å². The first-order chi connectivity index (χ1) is 13.7. The van der Waals surface area contributed by atoms with Gasteiger partial charge in [-0.2, -0.15) is 0 Å². The molecular formula is C19H27NO8S. The van der Waals surface area contributed by atoms with Crippen molar-refractivity contribution < 1.29 is 39.9 Å². The largest absolute Gasteiger partial charge is 0.478 e. The first kappa shape index (κ1) is 23.6. The van der Waals surface area contributed by atoms with Crippen LogP contribution in [0.4, 0.5) is 0 Å². The van der Waals surface area contributed by atoms with Gasteiger partial charge < -0.3 is 35.6 Å². The van der Waals surface area contributed by atoms with E-state index >= 15 is 0 Å². The number of carboxylic acids is 1. The first-order valence-electron chi connectivity index (χ1n) is 9.30. The molecule has 1 saturated heterocycles. The van der Waals surface area contributed by atoms with Crippen LogP contribution in [0.15, 0.2) is 24.3 Å². The number of aliphatic hydroxyl groups is 4. The van der Waals surface area contributed by atoms with Crippen molar-refractivity contribution >= 4 is 23.6 Å². The number of rotatable bonds is 8. The lowest BCUT2D eigenvalue weighted by molar-refractivity contribution is -0.205. The van der Waals surface area contributed by atoms with Crippen LogP contribution in [0.1, 0.15) is 41.0 Å². The van der Waals surface area contributed by atoms with E-state index < -0.39 is 48.3 Å². The molecule has 7 atom stereocenters. The topological polar surface area (TPSA) is 157 Å². The van der Waals surface area contributed by atoms with Gasteiger partial charge in [-0.05, 0) is 18.6 Å². The number of carbonyl (C=O) groups is 2. The second-order valence-corrected chi connectivity index (χ2v) is 8.36. The third-order valence-corrected chi connectivity index (χ3v) is 6.34. The van der Waals surface area contributed by atoms with Gasteiger partial charge in [-0.15, -0.1) is 11.8 Å². The second-order valence-electron chi connectivity index (χ2n) is 6.88. The Morgan fingerprint density at radius 2 is 1.76 bits per heavy atom. The number of ether oxygens (including phenoxy) is 1. The maximum atomic E-state index is 12.6. The fourth-order valence-corrected chi connectivity index (χ4v) is 4.55. The minimum absolute atomic E-state index is 0.0449. The molecule has 1 fully saturated rings. The van der Waals surface area contributed by atoms with E-state index in [1.165, 1.54) is 18.2 Å². The molecule has 10 heteroatoms. The molecule has 0 aromatic heterocycles. The normalized spacial score (nSPS) is 29.1. The Kier molecular flexibility index (Phi) is 8.44. The Balaban J connectivity index is 2.08. The molecule has 1 aliphatic heterocycles. The third-order valence-electron chi connectivity index (χ3n) is 4.92. The van der Waals surface area contributed by atoms with E-state index in [9.17, 15) is 35.1 Å². The van der Waals surface area contributed by atoms with Crippen molar-refractivity contribution in [1.82, 2.24) is 5.32 Å². The average Bonchev–Trinajstić information content (AvgIpc) is 2.71. The van der Waals surface area contributed by atoms with Gasteiger partial charge in [-0.25, -0.2) is 4.79 Å². The number of amides is 1. The summed E-state index contributed by atoms with van der Waals surface area (Å²) in [5.74, 6) is -1.73. The molecule has 6 N–H and O–H groups in total. The predicted molar refractivity (Wildman–Crippen MR) is 106 cm³/mol. The van der Waals surface area contributed by atoms with Gasteiger partial charge in [0.2, 0.25) is 0 Å². The smallest absolute Gasteiger partial charge is 0.336 e. The highest BCUT2D eigenvalue weighted by Crippen LogP contribution is 2.32. The van der Waals surface area contributed by atoms with Gasteiger partial charge >= 0.3 is 5.97 Å². The van der Waals surface area contributed by atoms with Crippen LogP contribution in [0.5, 0.6) is 0 Å². The van der Waals surface area contributed by atoms with Gasteiger partial charge in [-0.3, -0.25) is 4.79 Å². The Hall–Kier alpha value is -1.69. The minimum atomic E-state index is -1.47. The second kappa shape index (κ2) is 10.4. The van der Waals surface area contributed by atoms with Crippen LogP contribution in [0.25, 0.3) is 0 Å². The summed E-state index contributed by atoms with van der Waals surface area (Å²) in [6, 6.07) is 5.51. The quantitative estimate of drug-likeness (QED) is 0.330. The fourth-order valence-electron chi connectivity index (χ4n) is 3.15. The lowest BCUT2D eigenvalue weighted by Crippen LogP contribution is -2.58. The van der Waals surface area contributed by atoms with E-state index in [2.05, 4.69) is 5.32 Å². The molecule has 1 heterocycles. The van der Waals surface area contributed by atoms with Gasteiger partial charge in [0.25, 0.3) is 5.91 Å². The molecule has 162 valence electrons. The number of carbonyl (C=O) groups excluding carboxylic acids is 1. The van der Waals surface area contributed by atoms with E-state index in [-0.39, 0.29) is 22.4 Å². The number of aromatic carboxylic acids is 1. The van der Waals surface area contributed by atoms with Gasteiger partial charge in [-0.1, -0.05) is 26.0 Å². The zero-order valence-corrected chi connectivity index (χ0v) is 17.0. The van der Waals surface area contributed by atoms with Crippen LogP contribution in [-0.2, 0) is 4.74 Å². The summed E-state index contributed by atoms with van der Waals surface area (Å²) >= 11 is 1.15. The third kappa shape index (κ3) is 5.47. The summed E-state index contributed by atoms with van der Waals surface area (Å²) in [6.45, 7) is 3.12. The van der Waals surface area contributed by atoms with E-state index in [4.69, 9.17) is 4.74 Å². The van der Waals surface area contributed by atoms with Crippen molar-refractivity contribution in [2.24, 2.45) is 0 Å². The lowest BCUT2D eigenvalue weighted by Gasteiger charge is -2.41. The summed E-state index contributed by atoms with van der Waals surface area (Å²) in [4.78, 5) is 24.0. The van der Waals surface area contributed by atoms with Crippen LogP contribution in [0, 0.1) is 0 Å². The monoisotopic (exact) mass is 429 g/mol. The maximum Gasteiger partial charge on any atom is 0.336 e. The molecule has 0 bridgehead atoms. The first-order valence-corrected chi connectivity index (χ1v) is 10.2. The molecule has 29 heavy (non-hydrogen) atoms. The number of aliphatic hydroxyl groups excluding tert-OH is 4. The molecule has 9 nitrogen and oxygen atoms in total. The van der Waals surface area contributed by atoms with Crippen molar-refractivity contribution in [3.63, 3.8) is 0 Å². The zero-order valence-electron chi connectivity index (χ0n) is 16.1. The molecule has 0 spiro atoms. The number of carboxylic acid groups (broad SMARTS) is 1. The van der Waals surface area contributed by atoms with Gasteiger partial charge in [0, 0.05) is 11.3 Å². The van der Waals surface area contributed by atoms with E-state index in [1.54, 1.807) is 13.0 Å². The predicted octanol–water partition coefficient (Wildman–Crippen LogP) is -0.185. The van der Waals surface area contributed by atoms with Crippen LogP contribution in [-0.4, -0.2) is 85.2 Å². The molecule has 2 unspecified atom stereocenters.